The quantitative estimate of drug-likeness (QED) is 0.555. The largest absolute Gasteiger partial charge is 0.463 e. The van der Waals surface area contributed by atoms with Crippen LogP contribution in [0.5, 0.6) is 0 Å². The van der Waals surface area contributed by atoms with E-state index in [1.807, 2.05) is 36.4 Å². The number of rotatable bonds is 8. The van der Waals surface area contributed by atoms with E-state index < -0.39 is 11.5 Å². The maximum absolute atomic E-state index is 14.1. The van der Waals surface area contributed by atoms with Gasteiger partial charge in [0, 0.05) is 12.1 Å². The summed E-state index contributed by atoms with van der Waals surface area (Å²) in [6, 6.07) is 13.8. The molecule has 1 unspecified atom stereocenters. The van der Waals surface area contributed by atoms with Gasteiger partial charge in [-0.15, -0.1) is 0 Å². The van der Waals surface area contributed by atoms with Crippen molar-refractivity contribution in [3.63, 3.8) is 0 Å². The van der Waals surface area contributed by atoms with E-state index in [-0.39, 0.29) is 5.82 Å². The lowest BCUT2D eigenvalue weighted by Gasteiger charge is -2.36. The molecule has 0 spiro atoms. The first-order valence-corrected chi connectivity index (χ1v) is 9.81. The van der Waals surface area contributed by atoms with Crippen molar-refractivity contribution in [1.82, 2.24) is 10.2 Å². The topological polar surface area (TPSA) is 41.6 Å². The van der Waals surface area contributed by atoms with Crippen LogP contribution in [0.25, 0.3) is 6.08 Å². The van der Waals surface area contributed by atoms with Crippen LogP contribution in [0.2, 0.25) is 0 Å². The van der Waals surface area contributed by atoms with Crippen LogP contribution >= 0.6 is 0 Å². The SMILES string of the molecule is CCN(CC)CCCOC(=O)C1(c2ccccc2)NC=Cc2ccc(F)cc21. The van der Waals surface area contributed by atoms with Gasteiger partial charge in [0.05, 0.1) is 6.61 Å². The Morgan fingerprint density at radius 3 is 2.61 bits per heavy atom. The zero-order valence-corrected chi connectivity index (χ0v) is 16.5. The monoisotopic (exact) mass is 382 g/mol. The van der Waals surface area contributed by atoms with E-state index >= 15 is 0 Å². The number of halogens is 1. The van der Waals surface area contributed by atoms with Crippen molar-refractivity contribution < 1.29 is 13.9 Å². The molecule has 2 aromatic carbocycles. The maximum Gasteiger partial charge on any atom is 0.341 e. The third-order valence-corrected chi connectivity index (χ3v) is 5.24. The second-order valence-electron chi connectivity index (χ2n) is 6.84. The van der Waals surface area contributed by atoms with E-state index in [9.17, 15) is 9.18 Å². The number of hydrogen-bond donors (Lipinski definition) is 1. The van der Waals surface area contributed by atoms with Gasteiger partial charge in [0.15, 0.2) is 5.54 Å². The molecule has 1 atom stereocenters. The number of hydrogen-bond acceptors (Lipinski definition) is 4. The van der Waals surface area contributed by atoms with E-state index in [4.69, 9.17) is 4.74 Å². The normalized spacial score (nSPS) is 17.9. The van der Waals surface area contributed by atoms with Crippen molar-refractivity contribution in [3.8, 4) is 0 Å². The van der Waals surface area contributed by atoms with Crippen LogP contribution in [-0.2, 0) is 15.1 Å². The van der Waals surface area contributed by atoms with Crippen molar-refractivity contribution in [2.75, 3.05) is 26.2 Å². The highest BCUT2D eigenvalue weighted by Crippen LogP contribution is 2.37. The number of carbonyl (C=O) groups is 1. The summed E-state index contributed by atoms with van der Waals surface area (Å²) in [6.07, 6.45) is 4.32. The number of fused-ring (bicyclic) bond motifs is 1. The highest BCUT2D eigenvalue weighted by molar-refractivity contribution is 5.90. The molecule has 0 radical (unpaired) electrons. The number of benzene rings is 2. The molecule has 28 heavy (non-hydrogen) atoms. The molecule has 0 aromatic heterocycles. The smallest absolute Gasteiger partial charge is 0.341 e. The van der Waals surface area contributed by atoms with Crippen LogP contribution in [-0.4, -0.2) is 37.1 Å². The van der Waals surface area contributed by atoms with Crippen LogP contribution in [0.15, 0.2) is 54.7 Å². The fourth-order valence-corrected chi connectivity index (χ4v) is 3.65. The zero-order valence-electron chi connectivity index (χ0n) is 16.5. The van der Waals surface area contributed by atoms with Crippen LogP contribution in [0.1, 0.15) is 37.0 Å². The fraction of sp³-hybridized carbons (Fsp3) is 0.348. The Morgan fingerprint density at radius 2 is 1.89 bits per heavy atom. The number of esters is 1. The van der Waals surface area contributed by atoms with E-state index in [0.717, 1.165) is 37.2 Å². The molecule has 1 N–H and O–H groups in total. The molecule has 0 bridgehead atoms. The summed E-state index contributed by atoms with van der Waals surface area (Å²) >= 11 is 0. The Hall–Kier alpha value is -2.66. The highest BCUT2D eigenvalue weighted by Gasteiger charge is 2.45. The third-order valence-electron chi connectivity index (χ3n) is 5.24. The molecular formula is C23H27FN2O2. The van der Waals surface area contributed by atoms with Gasteiger partial charge >= 0.3 is 5.97 Å². The second-order valence-corrected chi connectivity index (χ2v) is 6.84. The van der Waals surface area contributed by atoms with Crippen molar-refractivity contribution in [2.24, 2.45) is 0 Å². The minimum atomic E-state index is -1.26. The first-order valence-electron chi connectivity index (χ1n) is 9.81. The molecule has 148 valence electrons. The van der Waals surface area contributed by atoms with Crippen LogP contribution < -0.4 is 5.32 Å². The Kier molecular flexibility index (Phi) is 6.47. The molecule has 0 aliphatic carbocycles. The van der Waals surface area contributed by atoms with Gasteiger partial charge in [-0.05, 0) is 55.0 Å². The molecule has 4 nitrogen and oxygen atoms in total. The molecule has 5 heteroatoms. The fourth-order valence-electron chi connectivity index (χ4n) is 3.65. The lowest BCUT2D eigenvalue weighted by Crippen LogP contribution is -2.50. The van der Waals surface area contributed by atoms with Crippen LogP contribution in [0.4, 0.5) is 4.39 Å². The Bertz CT molecular complexity index is 834. The molecule has 1 heterocycles. The molecule has 0 fully saturated rings. The van der Waals surface area contributed by atoms with Gasteiger partial charge in [0.25, 0.3) is 0 Å². The molecule has 0 saturated carbocycles. The molecule has 2 aromatic rings. The van der Waals surface area contributed by atoms with E-state index in [0.29, 0.717) is 12.2 Å². The van der Waals surface area contributed by atoms with E-state index in [1.165, 1.54) is 12.1 Å². The predicted octanol–water partition coefficient (Wildman–Crippen LogP) is 3.92. The van der Waals surface area contributed by atoms with Gasteiger partial charge < -0.3 is 15.0 Å². The lowest BCUT2D eigenvalue weighted by atomic mass is 9.78. The van der Waals surface area contributed by atoms with Gasteiger partial charge in [-0.1, -0.05) is 50.2 Å². The Morgan fingerprint density at radius 1 is 1.14 bits per heavy atom. The van der Waals surface area contributed by atoms with Gasteiger partial charge in [0.1, 0.15) is 5.82 Å². The summed E-state index contributed by atoms with van der Waals surface area (Å²) < 4.78 is 19.8. The van der Waals surface area contributed by atoms with E-state index in [1.54, 1.807) is 12.3 Å². The van der Waals surface area contributed by atoms with Gasteiger partial charge in [0.2, 0.25) is 0 Å². The lowest BCUT2D eigenvalue weighted by molar-refractivity contribution is -0.150. The average molecular weight is 382 g/mol. The van der Waals surface area contributed by atoms with E-state index in [2.05, 4.69) is 24.1 Å². The number of ether oxygens (including phenoxy) is 1. The summed E-state index contributed by atoms with van der Waals surface area (Å²) in [5, 5.41) is 3.17. The maximum atomic E-state index is 14.1. The van der Waals surface area contributed by atoms with Crippen LogP contribution in [0, 0.1) is 5.82 Å². The number of nitrogens with one attached hydrogen (secondary N) is 1. The summed E-state index contributed by atoms with van der Waals surface area (Å²) in [4.78, 5) is 15.6. The minimum Gasteiger partial charge on any atom is -0.463 e. The molecule has 0 saturated heterocycles. The van der Waals surface area contributed by atoms with Gasteiger partial charge in [-0.3, -0.25) is 0 Å². The number of nitrogens with zero attached hydrogens (tertiary/aromatic N) is 1. The van der Waals surface area contributed by atoms with Gasteiger partial charge in [-0.25, -0.2) is 9.18 Å². The minimum absolute atomic E-state index is 0.319. The molecular weight excluding hydrogens is 355 g/mol. The second kappa shape index (κ2) is 9.02. The zero-order chi connectivity index (χ0) is 20.0. The molecule has 1 aliphatic rings. The summed E-state index contributed by atoms with van der Waals surface area (Å²) in [6.45, 7) is 7.36. The molecule has 1 aliphatic heterocycles. The van der Waals surface area contributed by atoms with Gasteiger partial charge in [-0.2, -0.15) is 0 Å². The van der Waals surface area contributed by atoms with Crippen LogP contribution in [0.3, 0.4) is 0 Å². The predicted molar refractivity (Wildman–Crippen MR) is 109 cm³/mol. The number of carbonyl (C=O) groups excluding carboxylic acids is 1. The third kappa shape index (κ3) is 3.94. The first-order chi connectivity index (χ1) is 13.6. The Labute approximate surface area is 166 Å². The summed E-state index contributed by atoms with van der Waals surface area (Å²) in [7, 11) is 0. The van der Waals surface area contributed by atoms with Crippen molar-refractivity contribution in [3.05, 3.63) is 77.2 Å². The first kappa shape index (κ1) is 20.1. The summed E-state index contributed by atoms with van der Waals surface area (Å²) in [5.74, 6) is -0.806. The standard InChI is InChI=1S/C23H27FN2O2/c1-3-26(4-2)15-8-16-28-22(27)23(19-9-6-5-7-10-19)21-17-20(24)12-11-18(21)13-14-25-23/h5-7,9-14,17,25H,3-4,8,15-16H2,1-2H3. The molecule has 0 amide bonds. The Balaban J connectivity index is 1.89. The van der Waals surface area contributed by atoms with Crippen molar-refractivity contribution in [2.45, 2.75) is 25.8 Å². The summed E-state index contributed by atoms with van der Waals surface area (Å²) in [5.41, 5.74) is 0.821. The average Bonchev–Trinajstić information content (AvgIpc) is 2.74. The van der Waals surface area contributed by atoms with Crippen molar-refractivity contribution >= 4 is 12.0 Å². The highest BCUT2D eigenvalue weighted by atomic mass is 19.1. The molecule has 3 rings (SSSR count). The van der Waals surface area contributed by atoms with Crippen molar-refractivity contribution in [1.29, 1.82) is 0 Å².